The minimum absolute atomic E-state index is 0.120. The minimum Gasteiger partial charge on any atom is -0.508 e. The summed E-state index contributed by atoms with van der Waals surface area (Å²) < 4.78 is 4.95. The van der Waals surface area contributed by atoms with Crippen LogP contribution >= 0.6 is 0 Å². The first-order valence-electron chi connectivity index (χ1n) is 11.6. The lowest BCUT2D eigenvalue weighted by molar-refractivity contribution is -0.143. The summed E-state index contributed by atoms with van der Waals surface area (Å²) in [6.45, 7) is 0.953. The van der Waals surface area contributed by atoms with Crippen molar-refractivity contribution < 1.29 is 19.4 Å². The molecule has 0 unspecified atom stereocenters. The summed E-state index contributed by atoms with van der Waals surface area (Å²) in [4.78, 5) is 25.1. The lowest BCUT2D eigenvalue weighted by atomic mass is 10.0. The van der Waals surface area contributed by atoms with Crippen LogP contribution in [0.15, 0.2) is 78.9 Å². The van der Waals surface area contributed by atoms with Gasteiger partial charge >= 0.3 is 5.97 Å². The predicted molar refractivity (Wildman–Crippen MR) is 133 cm³/mol. The summed E-state index contributed by atoms with van der Waals surface area (Å²) in [5.41, 5.74) is 3.59. The molecule has 178 valence electrons. The maximum Gasteiger partial charge on any atom is 0.323 e. The predicted octanol–water partition coefficient (Wildman–Crippen LogP) is 4.02. The fourth-order valence-corrected chi connectivity index (χ4v) is 3.77. The molecule has 0 radical (unpaired) electrons. The Morgan fingerprint density at radius 1 is 0.882 bits per heavy atom. The Kier molecular flexibility index (Phi) is 9.67. The van der Waals surface area contributed by atoms with Gasteiger partial charge < -0.3 is 15.2 Å². The molecule has 6 nitrogen and oxygen atoms in total. The highest BCUT2D eigenvalue weighted by molar-refractivity contribution is 5.95. The molecule has 0 aromatic heterocycles. The molecule has 3 aromatic carbocycles. The van der Waals surface area contributed by atoms with Crippen LogP contribution in [0.4, 0.5) is 0 Å². The number of aromatic hydroxyl groups is 1. The first-order chi connectivity index (χ1) is 16.6. The van der Waals surface area contributed by atoms with Crippen LogP contribution in [0.2, 0.25) is 0 Å². The van der Waals surface area contributed by atoms with E-state index in [1.165, 1.54) is 12.7 Å². The number of rotatable bonds is 12. The first kappa shape index (κ1) is 25.0. The highest BCUT2D eigenvalue weighted by atomic mass is 16.5. The van der Waals surface area contributed by atoms with E-state index >= 15 is 0 Å². The molecule has 0 spiro atoms. The van der Waals surface area contributed by atoms with Crippen molar-refractivity contribution >= 4 is 11.9 Å². The van der Waals surface area contributed by atoms with Crippen molar-refractivity contribution in [2.45, 2.75) is 38.3 Å². The number of hydrogen-bond acceptors (Lipinski definition) is 5. The normalized spacial score (nSPS) is 11.6. The van der Waals surface area contributed by atoms with E-state index in [9.17, 15) is 14.7 Å². The van der Waals surface area contributed by atoms with Gasteiger partial charge in [-0.1, -0.05) is 60.7 Å². The fourth-order valence-electron chi connectivity index (χ4n) is 3.77. The van der Waals surface area contributed by atoms with Crippen molar-refractivity contribution in [2.24, 2.45) is 0 Å². The van der Waals surface area contributed by atoms with Gasteiger partial charge in [-0.3, -0.25) is 14.9 Å². The molecule has 0 aliphatic heterocycles. The van der Waals surface area contributed by atoms with E-state index in [0.29, 0.717) is 25.1 Å². The molecule has 3 rings (SSSR count). The van der Waals surface area contributed by atoms with Crippen molar-refractivity contribution in [3.8, 4) is 5.75 Å². The topological polar surface area (TPSA) is 87.7 Å². The zero-order valence-electron chi connectivity index (χ0n) is 19.5. The summed E-state index contributed by atoms with van der Waals surface area (Å²) in [6.07, 6.45) is 3.31. The summed E-state index contributed by atoms with van der Waals surface area (Å²) in [6, 6.07) is 23.8. The van der Waals surface area contributed by atoms with Crippen molar-refractivity contribution in [2.75, 3.05) is 13.7 Å². The van der Waals surface area contributed by atoms with Gasteiger partial charge in [0, 0.05) is 18.7 Å². The van der Waals surface area contributed by atoms with Gasteiger partial charge in [0.1, 0.15) is 11.8 Å². The number of hydrogen-bond donors (Lipinski definition) is 3. The maximum atomic E-state index is 12.8. The molecule has 1 amide bonds. The molecule has 0 aliphatic rings. The summed E-state index contributed by atoms with van der Waals surface area (Å²) in [5.74, 6) is -0.329. The molecule has 6 heteroatoms. The molecule has 1 atom stereocenters. The average molecular weight is 461 g/mol. The molecule has 34 heavy (non-hydrogen) atoms. The Morgan fingerprint density at radius 3 is 2.32 bits per heavy atom. The molecule has 0 bridgehead atoms. The fraction of sp³-hybridized carbons (Fsp3) is 0.286. The van der Waals surface area contributed by atoms with Crippen LogP contribution in [0.1, 0.15) is 39.9 Å². The number of phenols is 1. The van der Waals surface area contributed by atoms with Gasteiger partial charge in [0.05, 0.1) is 7.11 Å². The number of carbonyl (C=O) groups excluding carboxylic acids is 2. The second kappa shape index (κ2) is 13.2. The smallest absolute Gasteiger partial charge is 0.323 e. The third-order valence-corrected chi connectivity index (χ3v) is 5.68. The molecular weight excluding hydrogens is 428 g/mol. The third kappa shape index (κ3) is 7.74. The number of ether oxygens (including phenoxy) is 1. The van der Waals surface area contributed by atoms with E-state index in [0.717, 1.165) is 30.4 Å². The van der Waals surface area contributed by atoms with Gasteiger partial charge in [-0.25, -0.2) is 0 Å². The van der Waals surface area contributed by atoms with Crippen LogP contribution < -0.4 is 10.6 Å². The number of amides is 1. The zero-order chi connectivity index (χ0) is 24.2. The number of esters is 1. The lowest BCUT2D eigenvalue weighted by Gasteiger charge is -2.18. The molecule has 3 aromatic rings. The van der Waals surface area contributed by atoms with Gasteiger partial charge in [0.15, 0.2) is 0 Å². The number of unbranched alkanes of at least 4 members (excludes halogenated alkanes) is 1. The lowest BCUT2D eigenvalue weighted by Crippen LogP contribution is -2.39. The Morgan fingerprint density at radius 2 is 1.59 bits per heavy atom. The molecule has 0 saturated carbocycles. The van der Waals surface area contributed by atoms with Gasteiger partial charge in [-0.15, -0.1) is 0 Å². The van der Waals surface area contributed by atoms with Crippen LogP contribution in [0.25, 0.3) is 0 Å². The van der Waals surface area contributed by atoms with E-state index in [1.807, 2.05) is 36.4 Å². The summed E-state index contributed by atoms with van der Waals surface area (Å²) in [7, 11) is 1.35. The highest BCUT2D eigenvalue weighted by Gasteiger charge is 2.20. The second-order valence-corrected chi connectivity index (χ2v) is 8.18. The largest absolute Gasteiger partial charge is 0.508 e. The van der Waals surface area contributed by atoms with Crippen LogP contribution in [0.5, 0.6) is 5.75 Å². The number of methoxy groups -OCH3 is 1. The average Bonchev–Trinajstić information content (AvgIpc) is 2.87. The monoisotopic (exact) mass is 460 g/mol. The van der Waals surface area contributed by atoms with Gasteiger partial charge in [-0.05, 0) is 60.6 Å². The highest BCUT2D eigenvalue weighted by Crippen LogP contribution is 2.14. The number of carbonyl (C=O) groups is 2. The SMILES string of the molecule is COC(=O)[C@H](Cc1ccc(O)cc1)NCc1ccccc1C(=O)NCCCCc1ccccc1. The van der Waals surface area contributed by atoms with Crippen LogP contribution in [0, 0.1) is 0 Å². The quantitative estimate of drug-likeness (QED) is 0.281. The van der Waals surface area contributed by atoms with Crippen LogP contribution in [0.3, 0.4) is 0 Å². The van der Waals surface area contributed by atoms with Crippen LogP contribution in [-0.2, 0) is 28.9 Å². The van der Waals surface area contributed by atoms with E-state index in [2.05, 4.69) is 22.8 Å². The van der Waals surface area contributed by atoms with Crippen molar-refractivity contribution in [3.63, 3.8) is 0 Å². The van der Waals surface area contributed by atoms with Crippen molar-refractivity contribution in [1.29, 1.82) is 0 Å². The molecule has 0 fully saturated rings. The van der Waals surface area contributed by atoms with E-state index in [4.69, 9.17) is 4.74 Å². The third-order valence-electron chi connectivity index (χ3n) is 5.68. The number of nitrogens with one attached hydrogen (secondary N) is 2. The van der Waals surface area contributed by atoms with E-state index in [-0.39, 0.29) is 17.6 Å². The summed E-state index contributed by atoms with van der Waals surface area (Å²) >= 11 is 0. The standard InChI is InChI=1S/C28H32N2O4/c1-34-28(33)26(19-22-14-16-24(31)17-15-22)30-20-23-12-5-6-13-25(23)27(32)29-18-8-7-11-21-9-3-2-4-10-21/h2-6,9-10,12-17,26,30-31H,7-8,11,18-20H2,1H3,(H,29,32)/t26-/m0/s1. The zero-order valence-corrected chi connectivity index (χ0v) is 19.5. The molecule has 0 heterocycles. The number of phenolic OH excluding ortho intramolecular Hbond substituents is 1. The Balaban J connectivity index is 1.53. The molecule has 0 aliphatic carbocycles. The second-order valence-electron chi connectivity index (χ2n) is 8.18. The Bertz CT molecular complexity index is 1050. The van der Waals surface area contributed by atoms with Gasteiger partial charge in [-0.2, -0.15) is 0 Å². The van der Waals surface area contributed by atoms with Crippen molar-refractivity contribution in [1.82, 2.24) is 10.6 Å². The van der Waals surface area contributed by atoms with E-state index in [1.54, 1.807) is 30.3 Å². The maximum absolute atomic E-state index is 12.8. The van der Waals surface area contributed by atoms with Gasteiger partial charge in [0.25, 0.3) is 5.91 Å². The van der Waals surface area contributed by atoms with Crippen molar-refractivity contribution in [3.05, 3.63) is 101 Å². The summed E-state index contributed by atoms with van der Waals surface area (Å²) in [5, 5.41) is 15.7. The molecule has 3 N–H and O–H groups in total. The Labute approximate surface area is 201 Å². The first-order valence-corrected chi connectivity index (χ1v) is 11.6. The Hall–Kier alpha value is -3.64. The van der Waals surface area contributed by atoms with E-state index < -0.39 is 6.04 Å². The number of benzene rings is 3. The van der Waals surface area contributed by atoms with Crippen LogP contribution in [-0.4, -0.2) is 36.7 Å². The molecule has 0 saturated heterocycles. The number of aryl methyl sites for hydroxylation is 1. The molecular formula is C28H32N2O4. The van der Waals surface area contributed by atoms with Gasteiger partial charge in [0.2, 0.25) is 0 Å². The minimum atomic E-state index is -0.580.